The number of tetrazole rings is 1. The van der Waals surface area contributed by atoms with Gasteiger partial charge in [-0.1, -0.05) is 18.2 Å². The Labute approximate surface area is 143 Å². The van der Waals surface area contributed by atoms with E-state index in [4.69, 9.17) is 4.74 Å². The van der Waals surface area contributed by atoms with Crippen LogP contribution in [0.2, 0.25) is 0 Å². The topological polar surface area (TPSA) is 105 Å². The summed E-state index contributed by atoms with van der Waals surface area (Å²) in [5, 5.41) is 15.4. The Hall–Kier alpha value is -3.36. The van der Waals surface area contributed by atoms with Crippen LogP contribution in [0, 0.1) is 13.8 Å². The molecule has 128 valence electrons. The lowest BCUT2D eigenvalue weighted by atomic mass is 10.1. The van der Waals surface area contributed by atoms with Crippen molar-refractivity contribution in [1.29, 1.82) is 0 Å². The van der Waals surface area contributed by atoms with E-state index in [1.54, 1.807) is 25.6 Å². The van der Waals surface area contributed by atoms with Crippen LogP contribution in [-0.2, 0) is 23.2 Å². The van der Waals surface area contributed by atoms with Gasteiger partial charge in [-0.15, -0.1) is 5.10 Å². The van der Waals surface area contributed by atoms with Crippen LogP contribution in [-0.4, -0.2) is 41.7 Å². The van der Waals surface area contributed by atoms with Crippen molar-refractivity contribution >= 4 is 11.8 Å². The SMILES string of the molecule is Cc1nn(C)c(C)c1C(=O)C(=O)OCc1nnnn1-c1ccccc1. The number of ketones is 1. The average molecular weight is 340 g/mol. The zero-order valence-electron chi connectivity index (χ0n) is 14.0. The van der Waals surface area contributed by atoms with Crippen molar-refractivity contribution in [1.82, 2.24) is 30.0 Å². The Morgan fingerprint density at radius 1 is 1.16 bits per heavy atom. The first-order chi connectivity index (χ1) is 12.0. The minimum atomic E-state index is -0.971. The van der Waals surface area contributed by atoms with Gasteiger partial charge in [0.25, 0.3) is 5.78 Å². The predicted molar refractivity (Wildman–Crippen MR) is 86.0 cm³/mol. The maximum Gasteiger partial charge on any atom is 0.380 e. The number of aromatic nitrogens is 6. The van der Waals surface area contributed by atoms with Gasteiger partial charge in [0.15, 0.2) is 12.4 Å². The number of esters is 1. The number of carbonyl (C=O) groups excluding carboxylic acids is 2. The molecule has 1 aromatic carbocycles. The highest BCUT2D eigenvalue weighted by Gasteiger charge is 2.25. The van der Waals surface area contributed by atoms with E-state index < -0.39 is 11.8 Å². The molecule has 0 amide bonds. The highest BCUT2D eigenvalue weighted by atomic mass is 16.5. The van der Waals surface area contributed by atoms with Gasteiger partial charge in [-0.05, 0) is 36.4 Å². The van der Waals surface area contributed by atoms with Crippen molar-refractivity contribution in [2.24, 2.45) is 7.05 Å². The maximum absolute atomic E-state index is 12.3. The van der Waals surface area contributed by atoms with E-state index in [9.17, 15) is 9.59 Å². The second-order valence-corrected chi connectivity index (χ2v) is 5.42. The largest absolute Gasteiger partial charge is 0.451 e. The standard InChI is InChI=1S/C16H16N6O3/c1-10-14(11(2)21(3)18-10)15(23)16(24)25-9-13-17-19-20-22(13)12-7-5-4-6-8-12/h4-8H,9H2,1-3H3. The summed E-state index contributed by atoms with van der Waals surface area (Å²) in [7, 11) is 1.71. The van der Waals surface area contributed by atoms with Crippen LogP contribution in [0.1, 0.15) is 27.6 Å². The molecule has 9 nitrogen and oxygen atoms in total. The fraction of sp³-hybridized carbons (Fsp3) is 0.250. The molecule has 25 heavy (non-hydrogen) atoms. The Bertz CT molecular complexity index is 929. The van der Waals surface area contributed by atoms with Crippen molar-refractivity contribution in [2.45, 2.75) is 20.5 Å². The van der Waals surface area contributed by atoms with E-state index in [2.05, 4.69) is 20.6 Å². The van der Waals surface area contributed by atoms with Crippen LogP contribution in [0.15, 0.2) is 30.3 Å². The van der Waals surface area contributed by atoms with Gasteiger partial charge in [0.2, 0.25) is 0 Å². The third-order valence-corrected chi connectivity index (χ3v) is 3.79. The quantitative estimate of drug-likeness (QED) is 0.386. The molecule has 9 heteroatoms. The van der Waals surface area contributed by atoms with Crippen molar-refractivity contribution in [2.75, 3.05) is 0 Å². The molecular formula is C16H16N6O3. The lowest BCUT2D eigenvalue weighted by molar-refractivity contribution is -0.139. The number of aryl methyl sites for hydroxylation is 2. The molecule has 0 radical (unpaired) electrons. The second kappa shape index (κ2) is 6.63. The zero-order chi connectivity index (χ0) is 18.0. The Morgan fingerprint density at radius 2 is 1.88 bits per heavy atom. The van der Waals surface area contributed by atoms with Gasteiger partial charge in [-0.25, -0.2) is 4.79 Å². The molecule has 0 bridgehead atoms. The molecule has 0 atom stereocenters. The van der Waals surface area contributed by atoms with E-state index in [1.165, 1.54) is 4.68 Å². The third-order valence-electron chi connectivity index (χ3n) is 3.79. The normalized spacial score (nSPS) is 10.7. The van der Waals surface area contributed by atoms with E-state index in [0.717, 1.165) is 5.69 Å². The summed E-state index contributed by atoms with van der Waals surface area (Å²) in [4.78, 5) is 24.4. The van der Waals surface area contributed by atoms with Gasteiger partial charge in [-0.2, -0.15) is 9.78 Å². The van der Waals surface area contributed by atoms with Gasteiger partial charge >= 0.3 is 5.97 Å². The highest BCUT2D eigenvalue weighted by molar-refractivity contribution is 6.41. The van der Waals surface area contributed by atoms with Gasteiger partial charge in [-0.3, -0.25) is 9.48 Å². The zero-order valence-corrected chi connectivity index (χ0v) is 14.0. The molecule has 0 aliphatic rings. The Balaban J connectivity index is 1.73. The fourth-order valence-corrected chi connectivity index (χ4v) is 2.47. The van der Waals surface area contributed by atoms with Gasteiger partial charge in [0, 0.05) is 12.7 Å². The van der Waals surface area contributed by atoms with Gasteiger partial charge in [0.1, 0.15) is 0 Å². The Morgan fingerprint density at radius 3 is 2.52 bits per heavy atom. The molecule has 0 aliphatic heterocycles. The smallest absolute Gasteiger partial charge is 0.380 e. The van der Waals surface area contributed by atoms with E-state index >= 15 is 0 Å². The minimum Gasteiger partial charge on any atom is -0.451 e. The molecule has 3 aromatic rings. The maximum atomic E-state index is 12.3. The highest BCUT2D eigenvalue weighted by Crippen LogP contribution is 2.14. The summed E-state index contributed by atoms with van der Waals surface area (Å²) >= 11 is 0. The summed E-state index contributed by atoms with van der Waals surface area (Å²) in [6, 6.07) is 9.17. The number of Topliss-reactive ketones (excluding diaryl/α,β-unsaturated/α-hetero) is 1. The van der Waals surface area contributed by atoms with Crippen LogP contribution in [0.5, 0.6) is 0 Å². The van der Waals surface area contributed by atoms with Crippen LogP contribution < -0.4 is 0 Å². The van der Waals surface area contributed by atoms with E-state index in [1.807, 2.05) is 30.3 Å². The first-order valence-corrected chi connectivity index (χ1v) is 7.53. The number of benzene rings is 1. The summed E-state index contributed by atoms with van der Waals surface area (Å²) in [5.74, 6) is -1.39. The van der Waals surface area contributed by atoms with Crippen LogP contribution >= 0.6 is 0 Å². The first-order valence-electron chi connectivity index (χ1n) is 7.53. The van der Waals surface area contributed by atoms with E-state index in [-0.39, 0.29) is 12.2 Å². The second-order valence-electron chi connectivity index (χ2n) is 5.42. The van der Waals surface area contributed by atoms with Gasteiger partial charge < -0.3 is 4.74 Å². The van der Waals surface area contributed by atoms with E-state index in [0.29, 0.717) is 17.2 Å². The van der Waals surface area contributed by atoms with Crippen molar-refractivity contribution in [3.63, 3.8) is 0 Å². The molecule has 0 unspecified atom stereocenters. The number of nitrogens with zero attached hydrogens (tertiary/aromatic N) is 6. The lowest BCUT2D eigenvalue weighted by Crippen LogP contribution is -2.20. The third kappa shape index (κ3) is 3.16. The molecule has 0 spiro atoms. The monoisotopic (exact) mass is 340 g/mol. The lowest BCUT2D eigenvalue weighted by Gasteiger charge is -2.06. The predicted octanol–water partition coefficient (Wildman–Crippen LogP) is 0.939. The minimum absolute atomic E-state index is 0.217. The van der Waals surface area contributed by atoms with Gasteiger partial charge in [0.05, 0.1) is 16.9 Å². The number of hydrogen-bond acceptors (Lipinski definition) is 7. The summed E-state index contributed by atoms with van der Waals surface area (Å²) in [6.45, 7) is 3.17. The summed E-state index contributed by atoms with van der Waals surface area (Å²) in [6.07, 6.45) is 0. The molecule has 0 aliphatic carbocycles. The number of rotatable bonds is 5. The first kappa shape index (κ1) is 16.5. The molecular weight excluding hydrogens is 324 g/mol. The number of ether oxygens (including phenoxy) is 1. The number of hydrogen-bond donors (Lipinski definition) is 0. The molecule has 0 fully saturated rings. The molecule has 0 saturated heterocycles. The van der Waals surface area contributed by atoms with Crippen molar-refractivity contribution < 1.29 is 14.3 Å². The van der Waals surface area contributed by atoms with Crippen LogP contribution in [0.3, 0.4) is 0 Å². The van der Waals surface area contributed by atoms with Crippen molar-refractivity contribution in [3.05, 3.63) is 53.1 Å². The molecule has 0 saturated carbocycles. The van der Waals surface area contributed by atoms with Crippen LogP contribution in [0.25, 0.3) is 5.69 Å². The fourth-order valence-electron chi connectivity index (χ4n) is 2.47. The molecule has 2 heterocycles. The molecule has 2 aromatic heterocycles. The van der Waals surface area contributed by atoms with Crippen molar-refractivity contribution in [3.8, 4) is 5.69 Å². The van der Waals surface area contributed by atoms with Crippen LogP contribution in [0.4, 0.5) is 0 Å². The molecule has 3 rings (SSSR count). The summed E-state index contributed by atoms with van der Waals surface area (Å²) < 4.78 is 8.09. The summed E-state index contributed by atoms with van der Waals surface area (Å²) in [5.41, 5.74) is 2.07. The number of carbonyl (C=O) groups is 2. The average Bonchev–Trinajstić information content (AvgIpc) is 3.17. The molecule has 0 N–H and O–H groups in total. The number of para-hydroxylation sites is 1. The Kier molecular flexibility index (Phi) is 4.38.